The van der Waals surface area contributed by atoms with Gasteiger partial charge in [0.05, 0.1) is 0 Å². The summed E-state index contributed by atoms with van der Waals surface area (Å²) in [6.07, 6.45) is 0. The SMILES string of the molecule is CC(C)C(CNC(=O)N(C)Cc1cccc(O)c1)N(C)C. The molecule has 21 heavy (non-hydrogen) atoms. The van der Waals surface area contributed by atoms with Crippen molar-refractivity contribution in [1.29, 1.82) is 0 Å². The Balaban J connectivity index is 2.51. The first-order valence-electron chi connectivity index (χ1n) is 7.24. The van der Waals surface area contributed by atoms with E-state index < -0.39 is 0 Å². The lowest BCUT2D eigenvalue weighted by molar-refractivity contribution is 0.191. The molecule has 118 valence electrons. The Kier molecular flexibility index (Phi) is 6.49. The van der Waals surface area contributed by atoms with Crippen molar-refractivity contribution in [3.8, 4) is 5.75 Å². The fraction of sp³-hybridized carbons (Fsp3) is 0.562. The molecule has 0 aliphatic rings. The van der Waals surface area contributed by atoms with Crippen LogP contribution in [-0.2, 0) is 6.54 Å². The highest BCUT2D eigenvalue weighted by atomic mass is 16.3. The second-order valence-electron chi connectivity index (χ2n) is 5.99. The van der Waals surface area contributed by atoms with E-state index in [2.05, 4.69) is 24.1 Å². The van der Waals surface area contributed by atoms with Gasteiger partial charge >= 0.3 is 6.03 Å². The smallest absolute Gasteiger partial charge is 0.317 e. The van der Waals surface area contributed by atoms with E-state index in [4.69, 9.17) is 0 Å². The van der Waals surface area contributed by atoms with Crippen LogP contribution in [0.1, 0.15) is 19.4 Å². The van der Waals surface area contributed by atoms with Crippen LogP contribution >= 0.6 is 0 Å². The van der Waals surface area contributed by atoms with Crippen molar-refractivity contribution in [2.75, 3.05) is 27.7 Å². The van der Waals surface area contributed by atoms with E-state index in [0.29, 0.717) is 25.0 Å². The topological polar surface area (TPSA) is 55.8 Å². The van der Waals surface area contributed by atoms with Crippen molar-refractivity contribution in [1.82, 2.24) is 15.1 Å². The summed E-state index contributed by atoms with van der Waals surface area (Å²) in [5.74, 6) is 0.686. The first kappa shape index (κ1) is 17.3. The predicted molar refractivity (Wildman–Crippen MR) is 85.3 cm³/mol. The molecule has 0 heterocycles. The maximum absolute atomic E-state index is 12.1. The number of carbonyl (C=O) groups is 1. The van der Waals surface area contributed by atoms with Gasteiger partial charge in [-0.15, -0.1) is 0 Å². The Morgan fingerprint density at radius 1 is 1.29 bits per heavy atom. The highest BCUT2D eigenvalue weighted by Gasteiger charge is 2.17. The van der Waals surface area contributed by atoms with Crippen molar-refractivity contribution in [2.24, 2.45) is 5.92 Å². The van der Waals surface area contributed by atoms with Gasteiger partial charge in [0.1, 0.15) is 5.75 Å². The number of hydrogen-bond acceptors (Lipinski definition) is 3. The summed E-state index contributed by atoms with van der Waals surface area (Å²) in [6, 6.07) is 7.15. The normalized spacial score (nSPS) is 12.5. The van der Waals surface area contributed by atoms with Gasteiger partial charge in [0.2, 0.25) is 0 Å². The van der Waals surface area contributed by atoms with Gasteiger partial charge in [-0.3, -0.25) is 0 Å². The number of likely N-dealkylation sites (N-methyl/N-ethyl adjacent to an activating group) is 1. The first-order chi connectivity index (χ1) is 9.81. The molecule has 0 spiro atoms. The number of aromatic hydroxyl groups is 1. The first-order valence-corrected chi connectivity index (χ1v) is 7.24. The van der Waals surface area contributed by atoms with E-state index in [-0.39, 0.29) is 11.8 Å². The van der Waals surface area contributed by atoms with Gasteiger partial charge in [0.25, 0.3) is 0 Å². The van der Waals surface area contributed by atoms with Crippen LogP contribution in [0.4, 0.5) is 4.79 Å². The molecule has 1 aromatic rings. The molecule has 1 aromatic carbocycles. The summed E-state index contributed by atoms with van der Waals surface area (Å²) in [5.41, 5.74) is 0.903. The lowest BCUT2D eigenvalue weighted by Crippen LogP contribution is -2.46. The van der Waals surface area contributed by atoms with Crippen LogP contribution in [0.2, 0.25) is 0 Å². The second kappa shape index (κ2) is 7.88. The van der Waals surface area contributed by atoms with Crippen LogP contribution in [0.5, 0.6) is 5.75 Å². The highest BCUT2D eigenvalue weighted by molar-refractivity contribution is 5.73. The molecule has 0 radical (unpaired) electrons. The standard InChI is InChI=1S/C16H27N3O2/c1-12(2)15(18(3)4)10-17-16(21)19(5)11-13-7-6-8-14(20)9-13/h6-9,12,15,20H,10-11H2,1-5H3,(H,17,21). The number of benzene rings is 1. The van der Waals surface area contributed by atoms with Gasteiger partial charge < -0.3 is 20.2 Å². The largest absolute Gasteiger partial charge is 0.508 e. The maximum atomic E-state index is 12.1. The summed E-state index contributed by atoms with van der Waals surface area (Å²) < 4.78 is 0. The van der Waals surface area contributed by atoms with Gasteiger partial charge in [-0.2, -0.15) is 0 Å². The maximum Gasteiger partial charge on any atom is 0.317 e. The van der Waals surface area contributed by atoms with Crippen molar-refractivity contribution in [2.45, 2.75) is 26.4 Å². The van der Waals surface area contributed by atoms with Gasteiger partial charge in [0, 0.05) is 26.2 Å². The van der Waals surface area contributed by atoms with E-state index in [9.17, 15) is 9.90 Å². The molecule has 1 unspecified atom stereocenters. The third-order valence-electron chi connectivity index (χ3n) is 3.57. The Labute approximate surface area is 127 Å². The quantitative estimate of drug-likeness (QED) is 0.844. The van der Waals surface area contributed by atoms with Crippen LogP contribution in [0.15, 0.2) is 24.3 Å². The average molecular weight is 293 g/mol. The van der Waals surface area contributed by atoms with E-state index in [0.717, 1.165) is 5.56 Å². The summed E-state index contributed by atoms with van der Waals surface area (Å²) in [4.78, 5) is 15.9. The molecule has 1 atom stereocenters. The van der Waals surface area contributed by atoms with E-state index in [1.54, 1.807) is 30.1 Å². The predicted octanol–water partition coefficient (Wildman–Crippen LogP) is 2.12. The van der Waals surface area contributed by atoms with Crippen LogP contribution in [0.3, 0.4) is 0 Å². The fourth-order valence-electron chi connectivity index (χ4n) is 2.34. The van der Waals surface area contributed by atoms with Gasteiger partial charge in [0.15, 0.2) is 0 Å². The third-order valence-corrected chi connectivity index (χ3v) is 3.57. The van der Waals surface area contributed by atoms with Crippen LogP contribution in [0.25, 0.3) is 0 Å². The number of hydrogen-bond donors (Lipinski definition) is 2. The number of rotatable bonds is 6. The van der Waals surface area contributed by atoms with Crippen molar-refractivity contribution < 1.29 is 9.90 Å². The summed E-state index contributed by atoms with van der Waals surface area (Å²) in [5, 5.41) is 12.4. The molecular formula is C16H27N3O2. The lowest BCUT2D eigenvalue weighted by Gasteiger charge is -2.29. The molecule has 5 heteroatoms. The van der Waals surface area contributed by atoms with Crippen molar-refractivity contribution in [3.63, 3.8) is 0 Å². The van der Waals surface area contributed by atoms with Crippen LogP contribution in [0, 0.1) is 5.92 Å². The molecular weight excluding hydrogens is 266 g/mol. The van der Waals surface area contributed by atoms with E-state index in [1.807, 2.05) is 20.2 Å². The van der Waals surface area contributed by atoms with E-state index in [1.165, 1.54) is 0 Å². The second-order valence-corrected chi connectivity index (χ2v) is 5.99. The Hall–Kier alpha value is -1.75. The highest BCUT2D eigenvalue weighted by Crippen LogP contribution is 2.12. The molecule has 0 fully saturated rings. The minimum atomic E-state index is -0.106. The number of urea groups is 1. The van der Waals surface area contributed by atoms with Crippen LogP contribution < -0.4 is 5.32 Å². The number of amides is 2. The summed E-state index contributed by atoms with van der Waals surface area (Å²) >= 11 is 0. The fourth-order valence-corrected chi connectivity index (χ4v) is 2.34. The number of nitrogens with one attached hydrogen (secondary N) is 1. The van der Waals surface area contributed by atoms with Crippen molar-refractivity contribution >= 4 is 6.03 Å². The number of nitrogens with zero attached hydrogens (tertiary/aromatic N) is 2. The van der Waals surface area contributed by atoms with Crippen molar-refractivity contribution in [3.05, 3.63) is 29.8 Å². The number of carbonyl (C=O) groups excluding carboxylic acids is 1. The molecule has 0 saturated heterocycles. The minimum Gasteiger partial charge on any atom is -0.508 e. The molecule has 0 aromatic heterocycles. The molecule has 0 saturated carbocycles. The Morgan fingerprint density at radius 2 is 1.95 bits per heavy atom. The van der Waals surface area contributed by atoms with Crippen LogP contribution in [-0.4, -0.2) is 54.7 Å². The average Bonchev–Trinajstić information content (AvgIpc) is 2.37. The molecule has 1 rings (SSSR count). The summed E-state index contributed by atoms with van der Waals surface area (Å²) in [6.45, 7) is 5.38. The minimum absolute atomic E-state index is 0.106. The lowest BCUT2D eigenvalue weighted by atomic mass is 10.0. The van der Waals surface area contributed by atoms with Gasteiger partial charge in [-0.1, -0.05) is 26.0 Å². The van der Waals surface area contributed by atoms with Gasteiger partial charge in [-0.05, 0) is 37.7 Å². The molecule has 2 N–H and O–H groups in total. The Morgan fingerprint density at radius 3 is 2.48 bits per heavy atom. The zero-order chi connectivity index (χ0) is 16.0. The third kappa shape index (κ3) is 5.63. The molecule has 5 nitrogen and oxygen atoms in total. The number of phenols is 1. The number of phenolic OH excluding ortho intramolecular Hbond substituents is 1. The molecule has 0 aliphatic carbocycles. The zero-order valence-corrected chi connectivity index (χ0v) is 13.6. The zero-order valence-electron chi connectivity index (χ0n) is 13.6. The van der Waals surface area contributed by atoms with Gasteiger partial charge in [-0.25, -0.2) is 4.79 Å². The molecule has 2 amide bonds. The van der Waals surface area contributed by atoms with E-state index >= 15 is 0 Å². The molecule has 0 aliphatic heterocycles. The Bertz CT molecular complexity index is 453. The summed E-state index contributed by atoms with van der Waals surface area (Å²) in [7, 11) is 5.79. The monoisotopic (exact) mass is 293 g/mol. The molecule has 0 bridgehead atoms.